The minimum Gasteiger partial charge on any atom is -0.329 e. The first-order chi connectivity index (χ1) is 7.39. The van der Waals surface area contributed by atoms with E-state index in [9.17, 15) is 4.79 Å². The number of aromatic amines is 1. The molecule has 0 radical (unpaired) electrons. The Kier molecular flexibility index (Phi) is 2.38. The van der Waals surface area contributed by atoms with Crippen molar-refractivity contribution in [2.24, 2.45) is 0 Å². The summed E-state index contributed by atoms with van der Waals surface area (Å²) in [5.41, 5.74) is 2.57. The topological polar surface area (TPSA) is 32.9 Å². The summed E-state index contributed by atoms with van der Waals surface area (Å²) in [5, 5.41) is 1.78. The fourth-order valence-corrected chi connectivity index (χ4v) is 2.15. The number of pyridine rings is 1. The van der Waals surface area contributed by atoms with E-state index in [-0.39, 0.29) is 11.0 Å². The molecule has 0 saturated heterocycles. The molecule has 0 saturated carbocycles. The van der Waals surface area contributed by atoms with Crippen molar-refractivity contribution in [3.8, 4) is 0 Å². The summed E-state index contributed by atoms with van der Waals surface area (Å²) in [6.07, 6.45) is 1.70. The molecule has 2 rings (SSSR count). The molecule has 0 bridgehead atoms. The molecular weight excluding hydrogens is 198 g/mol. The maximum Gasteiger partial charge on any atom is 0.255 e. The Balaban J connectivity index is 2.83. The van der Waals surface area contributed by atoms with Gasteiger partial charge in [0, 0.05) is 11.6 Å². The molecule has 1 aromatic heterocycles. The van der Waals surface area contributed by atoms with Crippen molar-refractivity contribution in [2.45, 2.75) is 33.1 Å². The van der Waals surface area contributed by atoms with Crippen LogP contribution in [0.4, 0.5) is 0 Å². The second-order valence-corrected chi connectivity index (χ2v) is 5.31. The van der Waals surface area contributed by atoms with E-state index in [4.69, 9.17) is 0 Å². The van der Waals surface area contributed by atoms with Gasteiger partial charge in [0.15, 0.2) is 0 Å². The molecule has 0 aliphatic carbocycles. The lowest BCUT2D eigenvalue weighted by molar-refractivity contribution is 0.587. The predicted molar refractivity (Wildman–Crippen MR) is 68.0 cm³/mol. The summed E-state index contributed by atoms with van der Waals surface area (Å²) < 4.78 is 0. The molecule has 2 aromatic rings. The number of aromatic nitrogens is 1. The molecule has 0 atom stereocenters. The van der Waals surface area contributed by atoms with Gasteiger partial charge in [-0.3, -0.25) is 4.79 Å². The zero-order valence-corrected chi connectivity index (χ0v) is 10.2. The van der Waals surface area contributed by atoms with Crippen molar-refractivity contribution >= 4 is 10.8 Å². The predicted octanol–water partition coefficient (Wildman–Crippen LogP) is 3.13. The third-order valence-corrected chi connectivity index (χ3v) is 2.93. The van der Waals surface area contributed by atoms with Crippen LogP contribution < -0.4 is 5.56 Å². The molecule has 0 fully saturated rings. The van der Waals surface area contributed by atoms with Gasteiger partial charge in [0.05, 0.1) is 0 Å². The molecule has 84 valence electrons. The normalized spacial score (nSPS) is 12.0. The maximum atomic E-state index is 11.6. The monoisotopic (exact) mass is 215 g/mol. The molecule has 0 aliphatic heterocycles. The Morgan fingerprint density at radius 2 is 1.88 bits per heavy atom. The number of H-pyrrole nitrogens is 1. The van der Waals surface area contributed by atoms with Gasteiger partial charge >= 0.3 is 0 Å². The van der Waals surface area contributed by atoms with Crippen LogP contribution in [0.1, 0.15) is 31.9 Å². The molecule has 16 heavy (non-hydrogen) atoms. The van der Waals surface area contributed by atoms with E-state index < -0.39 is 0 Å². The van der Waals surface area contributed by atoms with E-state index in [0.717, 1.165) is 10.8 Å². The number of nitrogens with one attached hydrogen (secondary N) is 1. The fourth-order valence-electron chi connectivity index (χ4n) is 2.15. The van der Waals surface area contributed by atoms with E-state index in [1.54, 1.807) is 6.20 Å². The van der Waals surface area contributed by atoms with Crippen LogP contribution in [0.2, 0.25) is 0 Å². The molecule has 0 unspecified atom stereocenters. The van der Waals surface area contributed by atoms with Crippen LogP contribution in [0.3, 0.4) is 0 Å². The number of benzene rings is 1. The van der Waals surface area contributed by atoms with E-state index in [2.05, 4.69) is 38.7 Å². The zero-order valence-electron chi connectivity index (χ0n) is 10.2. The minimum absolute atomic E-state index is 0.0129. The van der Waals surface area contributed by atoms with Gasteiger partial charge in [0.25, 0.3) is 5.56 Å². The number of hydrogen-bond acceptors (Lipinski definition) is 1. The third kappa shape index (κ3) is 1.75. The first-order valence-corrected chi connectivity index (χ1v) is 5.52. The highest BCUT2D eigenvalue weighted by molar-refractivity contribution is 5.83. The maximum absolute atomic E-state index is 11.6. The quantitative estimate of drug-likeness (QED) is 0.719. The Morgan fingerprint density at radius 3 is 2.50 bits per heavy atom. The van der Waals surface area contributed by atoms with Crippen LogP contribution in [0.5, 0.6) is 0 Å². The number of rotatable bonds is 0. The molecular formula is C14H17NO. The van der Waals surface area contributed by atoms with Gasteiger partial charge in [-0.2, -0.15) is 0 Å². The number of fused-ring (bicyclic) bond motifs is 1. The summed E-state index contributed by atoms with van der Waals surface area (Å²) in [6, 6.07) is 6.06. The van der Waals surface area contributed by atoms with Crippen molar-refractivity contribution in [1.82, 2.24) is 4.98 Å². The van der Waals surface area contributed by atoms with Crippen LogP contribution in [-0.4, -0.2) is 4.98 Å². The second kappa shape index (κ2) is 3.48. The highest BCUT2D eigenvalue weighted by Gasteiger charge is 2.17. The Hall–Kier alpha value is -1.57. The zero-order chi connectivity index (χ0) is 11.9. The van der Waals surface area contributed by atoms with Gasteiger partial charge in [0.1, 0.15) is 0 Å². The van der Waals surface area contributed by atoms with Crippen molar-refractivity contribution in [3.05, 3.63) is 45.9 Å². The molecule has 2 heteroatoms. The standard InChI is InChI=1S/C14H17NO/c1-9-7-11-10(5-6-15-13(11)16)8-12(9)14(2,3)4/h5-8H,1-4H3,(H,15,16). The molecule has 1 N–H and O–H groups in total. The molecule has 0 amide bonds. The van der Waals surface area contributed by atoms with Gasteiger partial charge in [-0.15, -0.1) is 0 Å². The third-order valence-electron chi connectivity index (χ3n) is 2.93. The molecule has 0 spiro atoms. The van der Waals surface area contributed by atoms with E-state index in [1.807, 2.05) is 12.1 Å². The van der Waals surface area contributed by atoms with Gasteiger partial charge < -0.3 is 4.98 Å². The lowest BCUT2D eigenvalue weighted by atomic mass is 9.83. The SMILES string of the molecule is Cc1cc2c(=O)[nH]ccc2cc1C(C)(C)C. The van der Waals surface area contributed by atoms with Crippen LogP contribution in [0, 0.1) is 6.92 Å². The van der Waals surface area contributed by atoms with E-state index in [0.29, 0.717) is 0 Å². The largest absolute Gasteiger partial charge is 0.329 e. The Morgan fingerprint density at radius 1 is 1.19 bits per heavy atom. The van der Waals surface area contributed by atoms with E-state index in [1.165, 1.54) is 11.1 Å². The highest BCUT2D eigenvalue weighted by atomic mass is 16.1. The summed E-state index contributed by atoms with van der Waals surface area (Å²) >= 11 is 0. The van der Waals surface area contributed by atoms with Crippen LogP contribution in [0.15, 0.2) is 29.2 Å². The van der Waals surface area contributed by atoms with Crippen molar-refractivity contribution < 1.29 is 0 Å². The highest BCUT2D eigenvalue weighted by Crippen LogP contribution is 2.28. The summed E-state index contributed by atoms with van der Waals surface area (Å²) in [7, 11) is 0. The smallest absolute Gasteiger partial charge is 0.255 e. The lowest BCUT2D eigenvalue weighted by Gasteiger charge is -2.22. The summed E-state index contributed by atoms with van der Waals surface area (Å²) in [4.78, 5) is 14.3. The van der Waals surface area contributed by atoms with Crippen LogP contribution in [-0.2, 0) is 5.41 Å². The Bertz CT molecular complexity index is 588. The minimum atomic E-state index is -0.0129. The fraction of sp³-hybridized carbons (Fsp3) is 0.357. The second-order valence-electron chi connectivity index (χ2n) is 5.31. The average Bonchev–Trinajstić information content (AvgIpc) is 2.17. The van der Waals surface area contributed by atoms with Gasteiger partial charge in [-0.1, -0.05) is 26.8 Å². The first kappa shape index (κ1) is 10.9. The lowest BCUT2D eigenvalue weighted by Crippen LogP contribution is -2.14. The van der Waals surface area contributed by atoms with Gasteiger partial charge in [0.2, 0.25) is 0 Å². The molecule has 1 aromatic carbocycles. The number of aryl methyl sites for hydroxylation is 1. The molecule has 1 heterocycles. The van der Waals surface area contributed by atoms with Gasteiger partial charge in [-0.05, 0) is 41.0 Å². The van der Waals surface area contributed by atoms with Crippen molar-refractivity contribution in [3.63, 3.8) is 0 Å². The van der Waals surface area contributed by atoms with Crippen LogP contribution >= 0.6 is 0 Å². The Labute approximate surface area is 95.3 Å². The number of hydrogen-bond donors (Lipinski definition) is 1. The van der Waals surface area contributed by atoms with Crippen LogP contribution in [0.25, 0.3) is 10.8 Å². The van der Waals surface area contributed by atoms with Crippen molar-refractivity contribution in [1.29, 1.82) is 0 Å². The summed E-state index contributed by atoms with van der Waals surface area (Å²) in [6.45, 7) is 8.63. The molecule has 0 aliphatic rings. The first-order valence-electron chi connectivity index (χ1n) is 5.52. The van der Waals surface area contributed by atoms with Crippen molar-refractivity contribution in [2.75, 3.05) is 0 Å². The average molecular weight is 215 g/mol. The van der Waals surface area contributed by atoms with Gasteiger partial charge in [-0.25, -0.2) is 0 Å². The molecule has 2 nitrogen and oxygen atoms in total. The summed E-state index contributed by atoms with van der Waals surface area (Å²) in [5.74, 6) is 0. The van der Waals surface area contributed by atoms with E-state index >= 15 is 0 Å².